The minimum Gasteiger partial charge on any atom is -0.444 e. The Bertz CT molecular complexity index is 354. The lowest BCUT2D eigenvalue weighted by molar-refractivity contribution is 0.0288. The van der Waals surface area contributed by atoms with E-state index in [0.29, 0.717) is 18.5 Å². The third-order valence-corrected chi connectivity index (χ3v) is 4.38. The molecule has 1 amide bonds. The van der Waals surface area contributed by atoms with Gasteiger partial charge in [0.05, 0.1) is 6.10 Å². The summed E-state index contributed by atoms with van der Waals surface area (Å²) in [4.78, 5) is 13.8. The number of aliphatic hydroxyl groups is 1. The van der Waals surface area contributed by atoms with Gasteiger partial charge in [-0.3, -0.25) is 0 Å². The molecule has 5 nitrogen and oxygen atoms in total. The third-order valence-electron chi connectivity index (χ3n) is 4.38. The van der Waals surface area contributed by atoms with E-state index in [-0.39, 0.29) is 12.2 Å². The van der Waals surface area contributed by atoms with Crippen molar-refractivity contribution in [3.63, 3.8) is 0 Å². The van der Waals surface area contributed by atoms with Gasteiger partial charge in [-0.25, -0.2) is 4.79 Å². The zero-order valence-electron chi connectivity index (χ0n) is 13.6. The van der Waals surface area contributed by atoms with E-state index in [1.165, 1.54) is 6.42 Å². The monoisotopic (exact) mass is 298 g/mol. The molecule has 2 fully saturated rings. The second-order valence-electron chi connectivity index (χ2n) is 7.43. The topological polar surface area (TPSA) is 61.8 Å². The molecule has 5 heteroatoms. The highest BCUT2D eigenvalue weighted by Crippen LogP contribution is 2.24. The summed E-state index contributed by atoms with van der Waals surface area (Å²) < 4.78 is 5.40. The Morgan fingerprint density at radius 1 is 1.29 bits per heavy atom. The third kappa shape index (κ3) is 5.15. The molecule has 0 aromatic heterocycles. The summed E-state index contributed by atoms with van der Waals surface area (Å²) >= 11 is 0. The number of nitrogens with one attached hydrogen (secondary N) is 1. The summed E-state index contributed by atoms with van der Waals surface area (Å²) in [7, 11) is 0. The number of rotatable bonds is 3. The highest BCUT2D eigenvalue weighted by atomic mass is 16.6. The van der Waals surface area contributed by atoms with Crippen molar-refractivity contribution in [1.82, 2.24) is 10.2 Å². The van der Waals surface area contributed by atoms with Crippen molar-refractivity contribution < 1.29 is 14.6 Å². The van der Waals surface area contributed by atoms with Gasteiger partial charge >= 0.3 is 6.09 Å². The molecule has 2 N–H and O–H groups in total. The molecule has 0 aromatic rings. The van der Waals surface area contributed by atoms with Gasteiger partial charge in [-0.15, -0.1) is 0 Å². The molecule has 3 unspecified atom stereocenters. The first-order chi connectivity index (χ1) is 9.85. The van der Waals surface area contributed by atoms with E-state index in [1.54, 1.807) is 4.90 Å². The summed E-state index contributed by atoms with van der Waals surface area (Å²) in [5.41, 5.74) is -0.436. The Balaban J connectivity index is 1.71. The van der Waals surface area contributed by atoms with Crippen molar-refractivity contribution in [2.24, 2.45) is 5.92 Å². The Morgan fingerprint density at radius 2 is 2.00 bits per heavy atom. The second kappa shape index (κ2) is 6.97. The maximum Gasteiger partial charge on any atom is 0.410 e. The molecule has 1 aliphatic carbocycles. The Kier molecular flexibility index (Phi) is 5.49. The fourth-order valence-electron chi connectivity index (χ4n) is 3.16. The van der Waals surface area contributed by atoms with Gasteiger partial charge in [0.1, 0.15) is 5.60 Å². The van der Waals surface area contributed by atoms with Crippen molar-refractivity contribution >= 4 is 6.09 Å². The van der Waals surface area contributed by atoms with Crippen molar-refractivity contribution in [2.45, 2.75) is 70.6 Å². The molecule has 0 bridgehead atoms. The van der Waals surface area contributed by atoms with E-state index in [4.69, 9.17) is 4.74 Å². The van der Waals surface area contributed by atoms with Gasteiger partial charge in [-0.1, -0.05) is 12.8 Å². The molecule has 1 heterocycles. The zero-order valence-corrected chi connectivity index (χ0v) is 13.6. The molecule has 1 saturated heterocycles. The van der Waals surface area contributed by atoms with Crippen molar-refractivity contribution in [3.05, 3.63) is 0 Å². The second-order valence-corrected chi connectivity index (χ2v) is 7.43. The maximum absolute atomic E-state index is 12.0. The van der Waals surface area contributed by atoms with Gasteiger partial charge in [0, 0.05) is 25.7 Å². The summed E-state index contributed by atoms with van der Waals surface area (Å²) in [6.45, 7) is 7.98. The van der Waals surface area contributed by atoms with E-state index in [1.807, 2.05) is 20.8 Å². The van der Waals surface area contributed by atoms with Crippen LogP contribution in [-0.4, -0.2) is 53.5 Å². The number of carbonyl (C=O) groups excluding carboxylic acids is 1. The van der Waals surface area contributed by atoms with Crippen LogP contribution < -0.4 is 5.32 Å². The molecule has 0 spiro atoms. The zero-order chi connectivity index (χ0) is 15.5. The fourth-order valence-corrected chi connectivity index (χ4v) is 3.16. The summed E-state index contributed by atoms with van der Waals surface area (Å²) in [5.74, 6) is 0.370. The van der Waals surface area contributed by atoms with Crippen LogP contribution in [0.3, 0.4) is 0 Å². The lowest BCUT2D eigenvalue weighted by atomic mass is 9.86. The minimum absolute atomic E-state index is 0.158. The van der Waals surface area contributed by atoms with Gasteiger partial charge in [-0.05, 0) is 46.0 Å². The van der Waals surface area contributed by atoms with E-state index < -0.39 is 5.60 Å². The number of hydrogen-bond acceptors (Lipinski definition) is 4. The van der Waals surface area contributed by atoms with Crippen LogP contribution in [0, 0.1) is 5.92 Å². The van der Waals surface area contributed by atoms with Gasteiger partial charge in [0.15, 0.2) is 0 Å². The van der Waals surface area contributed by atoms with Crippen molar-refractivity contribution in [2.75, 3.05) is 19.6 Å². The molecule has 21 heavy (non-hydrogen) atoms. The van der Waals surface area contributed by atoms with Crippen LogP contribution in [0.1, 0.15) is 52.9 Å². The predicted molar refractivity (Wildman–Crippen MR) is 82.2 cm³/mol. The number of likely N-dealkylation sites (tertiary alicyclic amines) is 1. The SMILES string of the molecule is CC(C)(C)OC(=O)N1CCC(NCC2CCCCC2O)C1. The highest BCUT2D eigenvalue weighted by Gasteiger charge is 2.30. The lowest BCUT2D eigenvalue weighted by Crippen LogP contribution is -2.41. The number of ether oxygens (including phenoxy) is 1. The minimum atomic E-state index is -0.436. The van der Waals surface area contributed by atoms with Crippen LogP contribution in [0.25, 0.3) is 0 Å². The lowest BCUT2D eigenvalue weighted by Gasteiger charge is -2.29. The van der Waals surface area contributed by atoms with E-state index in [0.717, 1.165) is 38.8 Å². The van der Waals surface area contributed by atoms with Crippen LogP contribution >= 0.6 is 0 Å². The quantitative estimate of drug-likeness (QED) is 0.838. The molecule has 2 aliphatic rings. The summed E-state index contributed by atoms with van der Waals surface area (Å²) in [6.07, 6.45) is 4.99. The van der Waals surface area contributed by atoms with Crippen LogP contribution in [0.4, 0.5) is 4.79 Å². The molecule has 0 radical (unpaired) electrons. The number of nitrogens with zero attached hydrogens (tertiary/aromatic N) is 1. The van der Waals surface area contributed by atoms with Crippen molar-refractivity contribution in [3.8, 4) is 0 Å². The molecule has 122 valence electrons. The first-order valence-corrected chi connectivity index (χ1v) is 8.24. The normalized spacial score (nSPS) is 30.5. The first-order valence-electron chi connectivity index (χ1n) is 8.24. The standard InChI is InChI=1S/C16H30N2O3/c1-16(2,3)21-15(20)18-9-8-13(11-18)17-10-12-6-4-5-7-14(12)19/h12-14,17,19H,4-11H2,1-3H3. The molecule has 0 aromatic carbocycles. The molecular formula is C16H30N2O3. The van der Waals surface area contributed by atoms with Crippen LogP contribution in [-0.2, 0) is 4.74 Å². The number of aliphatic hydroxyl groups excluding tert-OH is 1. The average Bonchev–Trinajstić information content (AvgIpc) is 2.85. The van der Waals surface area contributed by atoms with E-state index in [9.17, 15) is 9.90 Å². The molecule has 1 saturated carbocycles. The largest absolute Gasteiger partial charge is 0.444 e. The van der Waals surface area contributed by atoms with Gasteiger partial charge < -0.3 is 20.1 Å². The molecular weight excluding hydrogens is 268 g/mol. The van der Waals surface area contributed by atoms with Crippen LogP contribution in [0.5, 0.6) is 0 Å². The Hall–Kier alpha value is -0.810. The van der Waals surface area contributed by atoms with E-state index in [2.05, 4.69) is 5.32 Å². The molecule has 2 rings (SSSR count). The maximum atomic E-state index is 12.0. The smallest absolute Gasteiger partial charge is 0.410 e. The number of hydrogen-bond donors (Lipinski definition) is 2. The van der Waals surface area contributed by atoms with Crippen molar-refractivity contribution in [1.29, 1.82) is 0 Å². The predicted octanol–water partition coefficient (Wildman–Crippen LogP) is 2.14. The fraction of sp³-hybridized carbons (Fsp3) is 0.938. The van der Waals surface area contributed by atoms with Gasteiger partial charge in [0.2, 0.25) is 0 Å². The molecule has 1 aliphatic heterocycles. The Labute approximate surface area is 128 Å². The van der Waals surface area contributed by atoms with Crippen LogP contribution in [0.15, 0.2) is 0 Å². The Morgan fingerprint density at radius 3 is 2.67 bits per heavy atom. The number of carbonyl (C=O) groups is 1. The first kappa shape index (κ1) is 16.6. The summed E-state index contributed by atoms with van der Waals surface area (Å²) in [6, 6.07) is 0.326. The summed E-state index contributed by atoms with van der Waals surface area (Å²) in [5, 5.41) is 13.5. The number of amides is 1. The van der Waals surface area contributed by atoms with E-state index >= 15 is 0 Å². The molecule has 3 atom stereocenters. The van der Waals surface area contributed by atoms with Gasteiger partial charge in [-0.2, -0.15) is 0 Å². The average molecular weight is 298 g/mol. The van der Waals surface area contributed by atoms with Gasteiger partial charge in [0.25, 0.3) is 0 Å². The van der Waals surface area contributed by atoms with Crippen LogP contribution in [0.2, 0.25) is 0 Å². The highest BCUT2D eigenvalue weighted by molar-refractivity contribution is 5.68.